The van der Waals surface area contributed by atoms with Crippen molar-refractivity contribution in [3.63, 3.8) is 0 Å². The Hall–Kier alpha value is -1.28. The van der Waals surface area contributed by atoms with Crippen LogP contribution in [0, 0.1) is 20.2 Å². The van der Waals surface area contributed by atoms with E-state index in [2.05, 4.69) is 0 Å². The summed E-state index contributed by atoms with van der Waals surface area (Å²) in [6.45, 7) is 4.29. The third-order valence-corrected chi connectivity index (χ3v) is 2.23. The number of ether oxygens (including phenoxy) is 2. The van der Waals surface area contributed by atoms with Crippen LogP contribution in [0.4, 0.5) is 0 Å². The van der Waals surface area contributed by atoms with Gasteiger partial charge in [-0.1, -0.05) is 13.3 Å². The zero-order valence-corrected chi connectivity index (χ0v) is 10.2. The molecule has 0 aliphatic heterocycles. The summed E-state index contributed by atoms with van der Waals surface area (Å²) in [6.07, 6.45) is 1.10. The van der Waals surface area contributed by atoms with E-state index in [1.165, 1.54) is 0 Å². The van der Waals surface area contributed by atoms with E-state index in [-0.39, 0.29) is 0 Å². The van der Waals surface area contributed by atoms with Gasteiger partial charge in [0.2, 0.25) is 0 Å². The van der Waals surface area contributed by atoms with Gasteiger partial charge < -0.3 is 9.47 Å². The van der Waals surface area contributed by atoms with Crippen LogP contribution in [-0.4, -0.2) is 35.0 Å². The van der Waals surface area contributed by atoms with Crippen molar-refractivity contribution in [1.82, 2.24) is 0 Å². The maximum absolute atomic E-state index is 10.6. The highest BCUT2D eigenvalue weighted by atomic mass is 16.7. The van der Waals surface area contributed by atoms with Crippen molar-refractivity contribution in [1.29, 1.82) is 0 Å². The standard InChI is InChI=1S/C9H18N2O6/c1-4-5-6-16-8(2)17-7-9(3,10(12)13)11(14)15/h8H,4-7H2,1-3H3. The Labute approximate surface area is 99.2 Å². The van der Waals surface area contributed by atoms with Crippen LogP contribution in [0.5, 0.6) is 0 Å². The summed E-state index contributed by atoms with van der Waals surface area (Å²) in [5.41, 5.74) is -2.33. The van der Waals surface area contributed by atoms with Gasteiger partial charge in [0.25, 0.3) is 0 Å². The lowest BCUT2D eigenvalue weighted by atomic mass is 10.2. The van der Waals surface area contributed by atoms with Gasteiger partial charge in [-0.3, -0.25) is 20.2 Å². The minimum atomic E-state index is -2.33. The molecule has 1 atom stereocenters. The maximum Gasteiger partial charge on any atom is 0.478 e. The Morgan fingerprint density at radius 2 is 1.76 bits per heavy atom. The SMILES string of the molecule is CCCCOC(C)OCC(C)([N+](=O)[O-])[N+](=O)[O-]. The van der Waals surface area contributed by atoms with E-state index in [9.17, 15) is 20.2 Å². The summed E-state index contributed by atoms with van der Waals surface area (Å²) in [6, 6.07) is 0. The highest BCUT2D eigenvalue weighted by Gasteiger charge is 2.51. The molecule has 8 heteroatoms. The molecule has 0 aromatic rings. The van der Waals surface area contributed by atoms with Crippen molar-refractivity contribution in [3.05, 3.63) is 20.2 Å². The minimum Gasteiger partial charge on any atom is -0.353 e. The molecule has 0 radical (unpaired) electrons. The van der Waals surface area contributed by atoms with Crippen molar-refractivity contribution in [3.8, 4) is 0 Å². The van der Waals surface area contributed by atoms with Crippen LogP contribution < -0.4 is 0 Å². The Balaban J connectivity index is 4.14. The summed E-state index contributed by atoms with van der Waals surface area (Å²) in [4.78, 5) is 19.2. The first-order valence-corrected chi connectivity index (χ1v) is 5.36. The molecular formula is C9H18N2O6. The molecule has 0 saturated carbocycles. The predicted octanol–water partition coefficient (Wildman–Crippen LogP) is 1.44. The predicted molar refractivity (Wildman–Crippen MR) is 58.7 cm³/mol. The topological polar surface area (TPSA) is 105 Å². The van der Waals surface area contributed by atoms with Crippen molar-refractivity contribution < 1.29 is 19.3 Å². The Bertz CT molecular complexity index is 256. The second-order valence-corrected chi connectivity index (χ2v) is 3.83. The molecule has 0 N–H and O–H groups in total. The number of rotatable bonds is 9. The molecule has 0 fully saturated rings. The van der Waals surface area contributed by atoms with Gasteiger partial charge in [0.05, 0.1) is 6.92 Å². The van der Waals surface area contributed by atoms with E-state index in [1.54, 1.807) is 6.92 Å². The van der Waals surface area contributed by atoms with E-state index in [1.807, 2.05) is 6.92 Å². The van der Waals surface area contributed by atoms with E-state index in [4.69, 9.17) is 9.47 Å². The van der Waals surface area contributed by atoms with Gasteiger partial charge >= 0.3 is 5.66 Å². The molecule has 0 spiro atoms. The van der Waals surface area contributed by atoms with Gasteiger partial charge in [0.15, 0.2) is 12.9 Å². The normalized spacial score (nSPS) is 13.4. The average Bonchev–Trinajstić information content (AvgIpc) is 2.25. The summed E-state index contributed by atoms with van der Waals surface area (Å²) < 4.78 is 10.1. The van der Waals surface area contributed by atoms with Crippen LogP contribution in [0.1, 0.15) is 33.6 Å². The molecule has 100 valence electrons. The third kappa shape index (κ3) is 5.05. The fourth-order valence-electron chi connectivity index (χ4n) is 0.889. The summed E-state index contributed by atoms with van der Waals surface area (Å²) in [7, 11) is 0. The van der Waals surface area contributed by atoms with Gasteiger partial charge in [-0.2, -0.15) is 0 Å². The minimum absolute atomic E-state index is 0.464. The zero-order chi connectivity index (χ0) is 13.5. The fourth-order valence-corrected chi connectivity index (χ4v) is 0.889. The van der Waals surface area contributed by atoms with Crippen molar-refractivity contribution in [2.75, 3.05) is 13.2 Å². The van der Waals surface area contributed by atoms with E-state index in [0.717, 1.165) is 19.8 Å². The lowest BCUT2D eigenvalue weighted by Gasteiger charge is -2.17. The molecule has 8 nitrogen and oxygen atoms in total. The number of hydrogen-bond donors (Lipinski definition) is 0. The lowest BCUT2D eigenvalue weighted by Crippen LogP contribution is -2.48. The van der Waals surface area contributed by atoms with Crippen LogP contribution in [0.2, 0.25) is 0 Å². The summed E-state index contributed by atoms with van der Waals surface area (Å²) in [5, 5.41) is 21.2. The summed E-state index contributed by atoms with van der Waals surface area (Å²) >= 11 is 0. The number of hydrogen-bond acceptors (Lipinski definition) is 6. The van der Waals surface area contributed by atoms with Gasteiger partial charge in [0, 0.05) is 6.61 Å². The lowest BCUT2D eigenvalue weighted by molar-refractivity contribution is -0.794. The van der Waals surface area contributed by atoms with Crippen LogP contribution in [0.15, 0.2) is 0 Å². The molecule has 0 aliphatic rings. The van der Waals surface area contributed by atoms with Gasteiger partial charge in [-0.15, -0.1) is 0 Å². The average molecular weight is 250 g/mol. The summed E-state index contributed by atoms with van der Waals surface area (Å²) in [5.74, 6) is 0. The molecule has 0 heterocycles. The van der Waals surface area contributed by atoms with Gasteiger partial charge in [0.1, 0.15) is 9.85 Å². The van der Waals surface area contributed by atoms with Crippen molar-refractivity contribution in [2.24, 2.45) is 0 Å². The fraction of sp³-hybridized carbons (Fsp3) is 1.00. The molecule has 0 aliphatic carbocycles. The van der Waals surface area contributed by atoms with E-state index in [0.29, 0.717) is 6.61 Å². The Morgan fingerprint density at radius 3 is 2.18 bits per heavy atom. The van der Waals surface area contributed by atoms with Crippen LogP contribution >= 0.6 is 0 Å². The first kappa shape index (κ1) is 15.7. The molecule has 0 amide bonds. The smallest absolute Gasteiger partial charge is 0.353 e. The van der Waals surface area contributed by atoms with Gasteiger partial charge in [-0.05, 0) is 13.3 Å². The zero-order valence-electron chi connectivity index (χ0n) is 10.2. The van der Waals surface area contributed by atoms with Crippen LogP contribution in [0.3, 0.4) is 0 Å². The number of nitro groups is 2. The number of nitrogens with zero attached hydrogens (tertiary/aromatic N) is 2. The van der Waals surface area contributed by atoms with Crippen molar-refractivity contribution in [2.45, 2.75) is 45.6 Å². The van der Waals surface area contributed by atoms with E-state index < -0.39 is 28.4 Å². The first-order valence-electron chi connectivity index (χ1n) is 5.36. The third-order valence-electron chi connectivity index (χ3n) is 2.23. The molecule has 17 heavy (non-hydrogen) atoms. The highest BCUT2D eigenvalue weighted by Crippen LogP contribution is 2.12. The number of unbranched alkanes of at least 4 members (excludes halogenated alkanes) is 1. The highest BCUT2D eigenvalue weighted by molar-refractivity contribution is 4.58. The quantitative estimate of drug-likeness (QED) is 0.265. The maximum atomic E-state index is 10.6. The molecule has 0 bridgehead atoms. The molecule has 0 rings (SSSR count). The molecule has 1 unspecified atom stereocenters. The first-order chi connectivity index (χ1) is 7.84. The monoisotopic (exact) mass is 250 g/mol. The van der Waals surface area contributed by atoms with Crippen LogP contribution in [-0.2, 0) is 9.47 Å². The molecule has 0 aromatic heterocycles. The Kier molecular flexibility index (Phi) is 6.59. The van der Waals surface area contributed by atoms with E-state index >= 15 is 0 Å². The Morgan fingerprint density at radius 1 is 1.24 bits per heavy atom. The second-order valence-electron chi connectivity index (χ2n) is 3.83. The van der Waals surface area contributed by atoms with Crippen LogP contribution in [0.25, 0.3) is 0 Å². The van der Waals surface area contributed by atoms with Gasteiger partial charge in [-0.25, -0.2) is 0 Å². The second kappa shape index (κ2) is 7.13. The largest absolute Gasteiger partial charge is 0.478 e. The van der Waals surface area contributed by atoms with Crippen molar-refractivity contribution >= 4 is 0 Å². The molecule has 0 saturated heterocycles. The molecular weight excluding hydrogens is 232 g/mol. The molecule has 0 aromatic carbocycles.